The monoisotopic (exact) mass is 280 g/mol. The average molecular weight is 281 g/mol. The molecule has 0 fully saturated rings. The molecule has 0 aromatic carbocycles. The summed E-state index contributed by atoms with van der Waals surface area (Å²) in [5, 5.41) is 0. The fourth-order valence-electron chi connectivity index (χ4n) is 2.85. The van der Waals surface area contributed by atoms with Gasteiger partial charge in [0.1, 0.15) is 0 Å². The van der Waals surface area contributed by atoms with Crippen molar-refractivity contribution in [2.45, 2.75) is 99.3 Å². The minimum atomic E-state index is 0.878. The van der Waals surface area contributed by atoms with E-state index in [0.717, 1.165) is 17.8 Å². The van der Waals surface area contributed by atoms with Gasteiger partial charge in [-0.2, -0.15) is 0 Å². The summed E-state index contributed by atoms with van der Waals surface area (Å²) in [6.07, 6.45) is 14.9. The highest BCUT2D eigenvalue weighted by molar-refractivity contribution is 4.94. The molecule has 0 rings (SSSR count). The van der Waals surface area contributed by atoms with Gasteiger partial charge in [-0.3, -0.25) is 0 Å². The lowest BCUT2D eigenvalue weighted by Gasteiger charge is -2.15. The Balaban J connectivity index is 3.48. The van der Waals surface area contributed by atoms with Gasteiger partial charge in [-0.15, -0.1) is 0 Å². The number of hydrogen-bond donors (Lipinski definition) is 0. The van der Waals surface area contributed by atoms with E-state index in [0.29, 0.717) is 0 Å². The van der Waals surface area contributed by atoms with E-state index in [1.807, 2.05) is 0 Å². The molecule has 0 heteroatoms. The van der Waals surface area contributed by atoms with E-state index in [9.17, 15) is 0 Å². The Hall–Kier alpha value is -0.260. The highest BCUT2D eigenvalue weighted by atomic mass is 14.1. The van der Waals surface area contributed by atoms with E-state index in [-0.39, 0.29) is 0 Å². The normalized spacial score (nSPS) is 15.7. The van der Waals surface area contributed by atoms with Crippen molar-refractivity contribution >= 4 is 0 Å². The average Bonchev–Trinajstić information content (AvgIpc) is 2.38. The summed E-state index contributed by atoms with van der Waals surface area (Å²) in [5.74, 6) is 2.73. The summed E-state index contributed by atoms with van der Waals surface area (Å²) in [6.45, 7) is 14.0. The van der Waals surface area contributed by atoms with Crippen molar-refractivity contribution in [2.24, 2.45) is 17.8 Å². The van der Waals surface area contributed by atoms with E-state index in [1.54, 1.807) is 5.57 Å². The van der Waals surface area contributed by atoms with Crippen LogP contribution < -0.4 is 0 Å². The molecule has 0 aliphatic heterocycles. The second-order valence-electron chi connectivity index (χ2n) is 7.49. The third kappa shape index (κ3) is 12.8. The van der Waals surface area contributed by atoms with E-state index in [4.69, 9.17) is 0 Å². The van der Waals surface area contributed by atoms with Crippen LogP contribution in [0.25, 0.3) is 0 Å². The van der Waals surface area contributed by atoms with Gasteiger partial charge in [-0.1, -0.05) is 84.3 Å². The topological polar surface area (TPSA) is 0 Å². The molecule has 0 saturated heterocycles. The maximum Gasteiger partial charge on any atom is -0.0323 e. The first-order valence-electron chi connectivity index (χ1n) is 9.07. The largest absolute Gasteiger partial charge is 0.0887 e. The first-order valence-corrected chi connectivity index (χ1v) is 9.07. The van der Waals surface area contributed by atoms with Crippen molar-refractivity contribution < 1.29 is 0 Å². The maximum atomic E-state index is 2.44. The molecule has 20 heavy (non-hydrogen) atoms. The summed E-state index contributed by atoms with van der Waals surface area (Å²) >= 11 is 0. The fraction of sp³-hybridized carbons (Fsp3) is 0.900. The van der Waals surface area contributed by atoms with Gasteiger partial charge in [0.2, 0.25) is 0 Å². The van der Waals surface area contributed by atoms with Crippen LogP contribution in [0.4, 0.5) is 0 Å². The van der Waals surface area contributed by atoms with E-state index in [1.165, 1.54) is 57.8 Å². The highest BCUT2D eigenvalue weighted by Gasteiger charge is 2.06. The van der Waals surface area contributed by atoms with Crippen LogP contribution in [0.3, 0.4) is 0 Å². The summed E-state index contributed by atoms with van der Waals surface area (Å²) in [4.78, 5) is 0. The van der Waals surface area contributed by atoms with Crippen molar-refractivity contribution in [1.29, 1.82) is 0 Å². The maximum absolute atomic E-state index is 2.44. The van der Waals surface area contributed by atoms with Gasteiger partial charge in [0.05, 0.1) is 0 Å². The first-order chi connectivity index (χ1) is 9.45. The Morgan fingerprint density at radius 2 is 1.20 bits per heavy atom. The van der Waals surface area contributed by atoms with Gasteiger partial charge < -0.3 is 0 Å². The van der Waals surface area contributed by atoms with E-state index >= 15 is 0 Å². The quantitative estimate of drug-likeness (QED) is 0.327. The minimum absolute atomic E-state index is 0.878. The molecule has 0 N–H and O–H groups in total. The molecule has 0 aromatic heterocycles. The molecule has 120 valence electrons. The highest BCUT2D eigenvalue weighted by Crippen LogP contribution is 2.21. The third-order valence-corrected chi connectivity index (χ3v) is 4.63. The molecule has 0 saturated carbocycles. The molecule has 2 unspecified atom stereocenters. The van der Waals surface area contributed by atoms with Crippen molar-refractivity contribution in [3.05, 3.63) is 11.6 Å². The lowest BCUT2D eigenvalue weighted by atomic mass is 9.91. The van der Waals surface area contributed by atoms with Crippen LogP contribution in [-0.4, -0.2) is 0 Å². The van der Waals surface area contributed by atoms with E-state index < -0.39 is 0 Å². The third-order valence-electron chi connectivity index (χ3n) is 4.63. The Bertz CT molecular complexity index is 236. The second-order valence-corrected chi connectivity index (χ2v) is 7.49. The second kappa shape index (κ2) is 12.5. The summed E-state index contributed by atoms with van der Waals surface area (Å²) in [5.41, 5.74) is 1.55. The Labute approximate surface area is 129 Å². The van der Waals surface area contributed by atoms with Crippen LogP contribution in [-0.2, 0) is 0 Å². The molecule has 0 aliphatic rings. The molecule has 0 aliphatic carbocycles. The minimum Gasteiger partial charge on any atom is -0.0887 e. The number of allylic oxidation sites excluding steroid dienone is 2. The fourth-order valence-corrected chi connectivity index (χ4v) is 2.85. The lowest BCUT2D eigenvalue weighted by Crippen LogP contribution is -2.00. The van der Waals surface area contributed by atoms with Gasteiger partial charge in [-0.05, 0) is 44.4 Å². The van der Waals surface area contributed by atoms with Gasteiger partial charge >= 0.3 is 0 Å². The molecule has 0 bridgehead atoms. The van der Waals surface area contributed by atoms with Crippen LogP contribution in [0, 0.1) is 17.8 Å². The zero-order chi connectivity index (χ0) is 15.4. The zero-order valence-electron chi connectivity index (χ0n) is 15.2. The van der Waals surface area contributed by atoms with Crippen LogP contribution in [0.15, 0.2) is 11.6 Å². The predicted octanol–water partition coefficient (Wildman–Crippen LogP) is 7.39. The van der Waals surface area contributed by atoms with E-state index in [2.05, 4.69) is 47.6 Å². The molecule has 2 atom stereocenters. The van der Waals surface area contributed by atoms with Gasteiger partial charge in [-0.25, -0.2) is 0 Å². The summed E-state index contributed by atoms with van der Waals surface area (Å²) in [7, 11) is 0. The molecular formula is C20H40. The first kappa shape index (κ1) is 19.7. The van der Waals surface area contributed by atoms with Crippen LogP contribution >= 0.6 is 0 Å². The Morgan fingerprint density at radius 1 is 0.750 bits per heavy atom. The predicted molar refractivity (Wildman–Crippen MR) is 94.2 cm³/mol. The molecule has 0 heterocycles. The van der Waals surface area contributed by atoms with Crippen LogP contribution in [0.2, 0.25) is 0 Å². The van der Waals surface area contributed by atoms with Crippen molar-refractivity contribution in [1.82, 2.24) is 0 Å². The Morgan fingerprint density at radius 3 is 1.65 bits per heavy atom. The molecular weight excluding hydrogens is 240 g/mol. The Kier molecular flexibility index (Phi) is 12.3. The summed E-state index contributed by atoms with van der Waals surface area (Å²) < 4.78 is 0. The number of hydrogen-bond acceptors (Lipinski definition) is 0. The van der Waals surface area contributed by atoms with Crippen LogP contribution in [0.5, 0.6) is 0 Å². The molecule has 0 amide bonds. The van der Waals surface area contributed by atoms with Gasteiger partial charge in [0.25, 0.3) is 0 Å². The summed E-state index contributed by atoms with van der Waals surface area (Å²) in [6, 6.07) is 0. The number of rotatable bonds is 12. The smallest absolute Gasteiger partial charge is 0.0323 e. The van der Waals surface area contributed by atoms with Gasteiger partial charge in [0, 0.05) is 0 Å². The zero-order valence-corrected chi connectivity index (χ0v) is 15.2. The lowest BCUT2D eigenvalue weighted by molar-refractivity contribution is 0.389. The molecule has 0 aromatic rings. The SMILES string of the molecule is CC=C(C)CCCC(C)CCCC(C)CCCC(C)C. The van der Waals surface area contributed by atoms with Crippen LogP contribution in [0.1, 0.15) is 99.3 Å². The van der Waals surface area contributed by atoms with Crippen molar-refractivity contribution in [3.63, 3.8) is 0 Å². The van der Waals surface area contributed by atoms with Crippen molar-refractivity contribution in [2.75, 3.05) is 0 Å². The van der Waals surface area contributed by atoms with Crippen molar-refractivity contribution in [3.8, 4) is 0 Å². The molecule has 0 radical (unpaired) electrons. The molecule has 0 spiro atoms. The van der Waals surface area contributed by atoms with Gasteiger partial charge in [0.15, 0.2) is 0 Å². The standard InChI is InChI=1S/C20H40/c1-7-18(4)12-9-14-20(6)16-10-15-19(5)13-8-11-17(2)3/h7,17,19-20H,8-16H2,1-6H3. The molecule has 0 nitrogen and oxygen atoms in total.